The van der Waals surface area contributed by atoms with Crippen LogP contribution >= 0.6 is 15.9 Å². The van der Waals surface area contributed by atoms with Gasteiger partial charge >= 0.3 is 0 Å². The van der Waals surface area contributed by atoms with E-state index in [9.17, 15) is 9.90 Å². The predicted molar refractivity (Wildman–Crippen MR) is 54.2 cm³/mol. The van der Waals surface area contributed by atoms with E-state index in [1.165, 1.54) is 6.26 Å². The third-order valence-corrected chi connectivity index (χ3v) is 3.30. The fourth-order valence-corrected chi connectivity index (χ4v) is 2.24. The van der Waals surface area contributed by atoms with Gasteiger partial charge in [-0.15, -0.1) is 0 Å². The van der Waals surface area contributed by atoms with E-state index in [-0.39, 0.29) is 11.5 Å². The number of aliphatic hydroxyl groups is 1. The number of furan rings is 1. The van der Waals surface area contributed by atoms with Gasteiger partial charge in [-0.2, -0.15) is 0 Å². The van der Waals surface area contributed by atoms with E-state index >= 15 is 0 Å². The van der Waals surface area contributed by atoms with Gasteiger partial charge in [0.1, 0.15) is 5.60 Å². The minimum Gasteiger partial charge on any atom is -0.460 e. The van der Waals surface area contributed by atoms with Gasteiger partial charge in [-0.1, -0.05) is 0 Å². The van der Waals surface area contributed by atoms with Crippen molar-refractivity contribution in [3.8, 4) is 0 Å². The second kappa shape index (κ2) is 3.51. The average Bonchev–Trinajstić information content (AvgIpc) is 2.74. The second-order valence-corrected chi connectivity index (χ2v) is 4.52. The summed E-state index contributed by atoms with van der Waals surface area (Å²) in [7, 11) is 0. The average molecular weight is 259 g/mol. The summed E-state index contributed by atoms with van der Waals surface area (Å²) in [4.78, 5) is 11.9. The minimum absolute atomic E-state index is 0.231. The summed E-state index contributed by atoms with van der Waals surface area (Å²) in [5, 5.41) is 10.0. The Morgan fingerprint density at radius 3 is 2.64 bits per heavy atom. The number of carbonyl (C=O) groups is 1. The molecule has 1 aliphatic carbocycles. The van der Waals surface area contributed by atoms with E-state index in [2.05, 4.69) is 15.9 Å². The molecule has 1 N–H and O–H groups in total. The van der Waals surface area contributed by atoms with Crippen molar-refractivity contribution in [1.29, 1.82) is 0 Å². The van der Waals surface area contributed by atoms with E-state index in [1.807, 2.05) is 0 Å². The molecule has 1 heterocycles. The van der Waals surface area contributed by atoms with Gasteiger partial charge in [0, 0.05) is 0 Å². The van der Waals surface area contributed by atoms with Gasteiger partial charge in [-0.25, -0.2) is 0 Å². The lowest BCUT2D eigenvalue weighted by Crippen LogP contribution is -2.35. The van der Waals surface area contributed by atoms with Crippen molar-refractivity contribution in [2.75, 3.05) is 0 Å². The first-order chi connectivity index (χ1) is 6.63. The summed E-state index contributed by atoms with van der Waals surface area (Å²) in [6, 6.07) is 1.66. The summed E-state index contributed by atoms with van der Waals surface area (Å²) in [6.07, 6.45) is 4.33. The molecule has 0 spiro atoms. The summed E-state index contributed by atoms with van der Waals surface area (Å²) < 4.78 is 5.66. The van der Waals surface area contributed by atoms with Crippen LogP contribution in [0.3, 0.4) is 0 Å². The molecule has 1 aromatic rings. The van der Waals surface area contributed by atoms with E-state index in [0.717, 1.165) is 12.8 Å². The number of carbonyl (C=O) groups excluding carboxylic acids is 1. The Balaban J connectivity index is 2.28. The molecule has 0 amide bonds. The van der Waals surface area contributed by atoms with Crippen LogP contribution in [0.1, 0.15) is 36.2 Å². The molecule has 0 aliphatic heterocycles. The Morgan fingerprint density at radius 1 is 1.50 bits per heavy atom. The molecular formula is C10H11BrO3. The standard InChI is InChI=1S/C10H11BrO3/c11-7-3-6-14-8(7)9(12)10(13)4-1-2-5-10/h3,6,13H,1-2,4-5H2. The first-order valence-corrected chi connectivity index (χ1v) is 5.43. The molecule has 1 saturated carbocycles. The molecule has 0 atom stereocenters. The van der Waals surface area contributed by atoms with Crippen molar-refractivity contribution in [2.45, 2.75) is 31.3 Å². The Morgan fingerprint density at radius 2 is 2.14 bits per heavy atom. The molecule has 0 saturated heterocycles. The highest BCUT2D eigenvalue weighted by Crippen LogP contribution is 2.34. The van der Waals surface area contributed by atoms with Crippen molar-refractivity contribution in [1.82, 2.24) is 0 Å². The lowest BCUT2D eigenvalue weighted by molar-refractivity contribution is 0.0324. The third-order valence-electron chi connectivity index (χ3n) is 2.68. The van der Waals surface area contributed by atoms with Gasteiger partial charge in [-0.05, 0) is 47.7 Å². The number of rotatable bonds is 2. The van der Waals surface area contributed by atoms with Crippen LogP contribution in [0, 0.1) is 0 Å². The van der Waals surface area contributed by atoms with Gasteiger partial charge < -0.3 is 9.52 Å². The molecule has 0 unspecified atom stereocenters. The van der Waals surface area contributed by atoms with Crippen molar-refractivity contribution in [3.63, 3.8) is 0 Å². The highest BCUT2D eigenvalue weighted by atomic mass is 79.9. The largest absolute Gasteiger partial charge is 0.460 e. The van der Waals surface area contributed by atoms with Crippen molar-refractivity contribution >= 4 is 21.7 Å². The van der Waals surface area contributed by atoms with Crippen LogP contribution in [0.4, 0.5) is 0 Å². The summed E-state index contributed by atoms with van der Waals surface area (Å²) >= 11 is 3.21. The van der Waals surface area contributed by atoms with Crippen LogP contribution in [0.25, 0.3) is 0 Å². The van der Waals surface area contributed by atoms with E-state index in [4.69, 9.17) is 4.42 Å². The summed E-state index contributed by atoms with van der Waals surface area (Å²) in [5.74, 6) is -0.0683. The van der Waals surface area contributed by atoms with Gasteiger partial charge in [-0.3, -0.25) is 4.79 Å². The molecule has 0 radical (unpaired) electrons. The highest BCUT2D eigenvalue weighted by molar-refractivity contribution is 9.10. The summed E-state index contributed by atoms with van der Waals surface area (Å²) in [6.45, 7) is 0. The van der Waals surface area contributed by atoms with Crippen molar-refractivity contribution < 1.29 is 14.3 Å². The van der Waals surface area contributed by atoms with Gasteiger partial charge in [0.2, 0.25) is 5.78 Å². The third kappa shape index (κ3) is 1.53. The normalized spacial score (nSPS) is 19.9. The smallest absolute Gasteiger partial charge is 0.230 e. The van der Waals surface area contributed by atoms with Crippen LogP contribution in [0.2, 0.25) is 0 Å². The molecule has 14 heavy (non-hydrogen) atoms. The maximum absolute atomic E-state index is 11.9. The van der Waals surface area contributed by atoms with Crippen LogP contribution in [-0.4, -0.2) is 16.5 Å². The zero-order chi connectivity index (χ0) is 10.2. The Labute approximate surface area is 90.2 Å². The van der Waals surface area contributed by atoms with Crippen LogP contribution in [0.15, 0.2) is 21.2 Å². The van der Waals surface area contributed by atoms with E-state index in [1.54, 1.807) is 6.07 Å². The van der Waals surface area contributed by atoms with Crippen molar-refractivity contribution in [2.24, 2.45) is 0 Å². The Kier molecular flexibility index (Phi) is 2.49. The molecule has 4 heteroatoms. The molecule has 0 aromatic carbocycles. The summed E-state index contributed by atoms with van der Waals surface area (Å²) in [5.41, 5.74) is -1.19. The quantitative estimate of drug-likeness (QED) is 0.830. The van der Waals surface area contributed by atoms with Gasteiger partial charge in [0.25, 0.3) is 0 Å². The molecular weight excluding hydrogens is 248 g/mol. The Hall–Kier alpha value is -0.610. The number of halogens is 1. The van der Waals surface area contributed by atoms with Crippen LogP contribution < -0.4 is 0 Å². The topological polar surface area (TPSA) is 50.4 Å². The Bertz CT molecular complexity index is 350. The van der Waals surface area contributed by atoms with Gasteiger partial charge in [0.05, 0.1) is 10.7 Å². The first kappa shape index (κ1) is 9.93. The zero-order valence-electron chi connectivity index (χ0n) is 7.62. The molecule has 1 aliphatic rings. The molecule has 0 bridgehead atoms. The maximum atomic E-state index is 11.9. The maximum Gasteiger partial charge on any atom is 0.230 e. The number of Topliss-reactive ketones (excluding diaryl/α,β-unsaturated/α-hetero) is 1. The monoisotopic (exact) mass is 258 g/mol. The van der Waals surface area contributed by atoms with Gasteiger partial charge in [0.15, 0.2) is 5.76 Å². The van der Waals surface area contributed by atoms with E-state index < -0.39 is 5.60 Å². The highest BCUT2D eigenvalue weighted by Gasteiger charge is 2.41. The second-order valence-electron chi connectivity index (χ2n) is 3.67. The van der Waals surface area contributed by atoms with Crippen LogP contribution in [-0.2, 0) is 0 Å². The molecule has 2 rings (SSSR count). The fourth-order valence-electron chi connectivity index (χ4n) is 1.85. The fraction of sp³-hybridized carbons (Fsp3) is 0.500. The number of hydrogen-bond donors (Lipinski definition) is 1. The zero-order valence-corrected chi connectivity index (χ0v) is 9.21. The lowest BCUT2D eigenvalue weighted by Gasteiger charge is -2.18. The minimum atomic E-state index is -1.19. The lowest BCUT2D eigenvalue weighted by atomic mass is 9.95. The van der Waals surface area contributed by atoms with Crippen LogP contribution in [0.5, 0.6) is 0 Å². The molecule has 1 aromatic heterocycles. The molecule has 3 nitrogen and oxygen atoms in total. The SMILES string of the molecule is O=C(c1occc1Br)C1(O)CCCC1. The molecule has 1 fully saturated rings. The van der Waals surface area contributed by atoms with E-state index in [0.29, 0.717) is 17.3 Å². The predicted octanol–water partition coefficient (Wildman–Crippen LogP) is 2.53. The number of hydrogen-bond acceptors (Lipinski definition) is 3. The molecule has 76 valence electrons. The van der Waals surface area contributed by atoms with Crippen molar-refractivity contribution in [3.05, 3.63) is 22.6 Å². The first-order valence-electron chi connectivity index (χ1n) is 4.64. The number of ketones is 1.